The number of thiophene rings is 1. The fourth-order valence-corrected chi connectivity index (χ4v) is 2.99. The third kappa shape index (κ3) is 3.24. The molecule has 0 spiro atoms. The average molecular weight is 330 g/mol. The van der Waals surface area contributed by atoms with Gasteiger partial charge in [0.05, 0.1) is 11.3 Å². The van der Waals surface area contributed by atoms with Crippen molar-refractivity contribution in [3.63, 3.8) is 0 Å². The van der Waals surface area contributed by atoms with Crippen molar-refractivity contribution < 1.29 is 18.8 Å². The zero-order valence-corrected chi connectivity index (χ0v) is 13.3. The second-order valence-electron chi connectivity index (χ2n) is 5.01. The van der Waals surface area contributed by atoms with Gasteiger partial charge in [-0.3, -0.25) is 10.1 Å². The van der Waals surface area contributed by atoms with Gasteiger partial charge < -0.3 is 9.26 Å². The van der Waals surface area contributed by atoms with E-state index in [2.05, 4.69) is 10.5 Å². The molecule has 7 heteroatoms. The average Bonchev–Trinajstić information content (AvgIpc) is 3.13. The molecule has 2 aromatic heterocycles. The van der Waals surface area contributed by atoms with Gasteiger partial charge in [-0.1, -0.05) is 23.4 Å². The van der Waals surface area contributed by atoms with Gasteiger partial charge in [0.25, 0.3) is 5.91 Å². The Kier molecular flexibility index (Phi) is 4.12. The molecule has 0 radical (unpaired) electrons. The van der Waals surface area contributed by atoms with Crippen molar-refractivity contribution >= 4 is 39.2 Å². The summed E-state index contributed by atoms with van der Waals surface area (Å²) in [7, 11) is 0. The molecule has 3 aromatic rings. The quantitative estimate of drug-likeness (QED) is 0.742. The molecule has 2 heterocycles. The monoisotopic (exact) mass is 330 g/mol. The minimum Gasteiger partial charge on any atom is -0.449 e. The van der Waals surface area contributed by atoms with Gasteiger partial charge in [-0.15, -0.1) is 11.3 Å². The number of nitrogens with zero attached hydrogens (tertiary/aromatic N) is 1. The summed E-state index contributed by atoms with van der Waals surface area (Å²) in [5.41, 5.74) is 1.11. The second-order valence-corrected chi connectivity index (χ2v) is 5.93. The van der Waals surface area contributed by atoms with Gasteiger partial charge >= 0.3 is 5.97 Å². The molecule has 118 valence electrons. The van der Waals surface area contributed by atoms with E-state index in [1.54, 1.807) is 18.4 Å². The summed E-state index contributed by atoms with van der Waals surface area (Å²) < 4.78 is 11.1. The van der Waals surface area contributed by atoms with Gasteiger partial charge in [-0.25, -0.2) is 4.79 Å². The van der Waals surface area contributed by atoms with Crippen LogP contribution in [0.15, 0.2) is 40.2 Å². The van der Waals surface area contributed by atoms with Crippen LogP contribution in [0.1, 0.15) is 23.0 Å². The van der Waals surface area contributed by atoms with E-state index in [0.717, 1.165) is 10.1 Å². The lowest BCUT2D eigenvalue weighted by molar-refractivity contribution is -0.123. The molecule has 0 aliphatic carbocycles. The van der Waals surface area contributed by atoms with E-state index in [-0.39, 0.29) is 5.88 Å². The molecule has 1 atom stereocenters. The maximum Gasteiger partial charge on any atom is 0.340 e. The zero-order chi connectivity index (χ0) is 16.4. The number of carbonyl (C=O) groups is 2. The molecule has 1 amide bonds. The van der Waals surface area contributed by atoms with E-state index in [0.29, 0.717) is 11.3 Å². The largest absolute Gasteiger partial charge is 0.449 e. The number of hydrogen-bond acceptors (Lipinski definition) is 6. The third-order valence-electron chi connectivity index (χ3n) is 3.23. The van der Waals surface area contributed by atoms with E-state index in [9.17, 15) is 9.59 Å². The van der Waals surface area contributed by atoms with Crippen LogP contribution < -0.4 is 5.32 Å². The Labute approximate surface area is 136 Å². The van der Waals surface area contributed by atoms with E-state index in [1.165, 1.54) is 18.3 Å². The topological polar surface area (TPSA) is 81.4 Å². The van der Waals surface area contributed by atoms with Crippen molar-refractivity contribution in [3.05, 3.63) is 47.0 Å². The van der Waals surface area contributed by atoms with E-state index in [1.807, 2.05) is 24.3 Å². The molecule has 0 aliphatic heterocycles. The number of esters is 1. The smallest absolute Gasteiger partial charge is 0.340 e. The first-order valence-corrected chi connectivity index (χ1v) is 7.84. The molecule has 0 bridgehead atoms. The van der Waals surface area contributed by atoms with Gasteiger partial charge in [0, 0.05) is 21.5 Å². The Bertz CT molecular complexity index is 868. The summed E-state index contributed by atoms with van der Waals surface area (Å²) >= 11 is 1.46. The van der Waals surface area contributed by atoms with Crippen LogP contribution in [0, 0.1) is 6.92 Å². The van der Waals surface area contributed by atoms with E-state index in [4.69, 9.17) is 9.26 Å². The SMILES string of the molecule is Cc1cc(NC(=O)C(C)OC(=O)c2csc3ccccc23)on1. The van der Waals surface area contributed by atoms with Crippen molar-refractivity contribution in [2.45, 2.75) is 20.0 Å². The molecular weight excluding hydrogens is 316 g/mol. The molecule has 0 fully saturated rings. The molecule has 0 aliphatic rings. The first-order valence-electron chi connectivity index (χ1n) is 6.96. The number of anilines is 1. The van der Waals surface area contributed by atoms with Crippen LogP contribution in [-0.2, 0) is 9.53 Å². The molecule has 0 saturated carbocycles. The lowest BCUT2D eigenvalue weighted by Gasteiger charge is -2.11. The van der Waals surface area contributed by atoms with Crippen molar-refractivity contribution in [2.24, 2.45) is 0 Å². The highest BCUT2D eigenvalue weighted by Crippen LogP contribution is 2.26. The molecule has 1 N–H and O–H groups in total. The maximum absolute atomic E-state index is 12.3. The van der Waals surface area contributed by atoms with Crippen LogP contribution in [0.5, 0.6) is 0 Å². The number of hydrogen-bond donors (Lipinski definition) is 1. The van der Waals surface area contributed by atoms with Crippen LogP contribution in [0.2, 0.25) is 0 Å². The summed E-state index contributed by atoms with van der Waals surface area (Å²) in [6.07, 6.45) is -0.952. The number of nitrogens with one attached hydrogen (secondary N) is 1. The number of carbonyl (C=O) groups excluding carboxylic acids is 2. The Morgan fingerprint density at radius 2 is 2.13 bits per heavy atom. The number of aryl methyl sites for hydroxylation is 1. The van der Waals surface area contributed by atoms with Crippen molar-refractivity contribution in [2.75, 3.05) is 5.32 Å². The van der Waals surface area contributed by atoms with Crippen molar-refractivity contribution in [3.8, 4) is 0 Å². The molecule has 1 aromatic carbocycles. The molecular formula is C16H14N2O4S. The fraction of sp³-hybridized carbons (Fsp3) is 0.188. The highest BCUT2D eigenvalue weighted by molar-refractivity contribution is 7.17. The van der Waals surface area contributed by atoms with Crippen LogP contribution in [0.4, 0.5) is 5.88 Å². The Morgan fingerprint density at radius 3 is 2.87 bits per heavy atom. The second kappa shape index (κ2) is 6.21. The number of fused-ring (bicyclic) bond motifs is 1. The third-order valence-corrected chi connectivity index (χ3v) is 4.19. The number of ether oxygens (including phenoxy) is 1. The molecule has 3 rings (SSSR count). The van der Waals surface area contributed by atoms with Crippen LogP contribution in [-0.4, -0.2) is 23.1 Å². The highest BCUT2D eigenvalue weighted by atomic mass is 32.1. The van der Waals surface area contributed by atoms with Gasteiger partial charge in [-0.05, 0) is 19.9 Å². The minimum absolute atomic E-state index is 0.219. The number of rotatable bonds is 4. The van der Waals surface area contributed by atoms with Gasteiger partial charge in [-0.2, -0.15) is 0 Å². The van der Waals surface area contributed by atoms with Crippen molar-refractivity contribution in [1.29, 1.82) is 0 Å². The van der Waals surface area contributed by atoms with Crippen LogP contribution >= 0.6 is 11.3 Å². The number of benzene rings is 1. The first kappa shape index (κ1) is 15.2. The van der Waals surface area contributed by atoms with Gasteiger partial charge in [0.1, 0.15) is 0 Å². The summed E-state index contributed by atoms with van der Waals surface area (Å²) in [6.45, 7) is 3.25. The standard InChI is InChI=1S/C16H14N2O4S/c1-9-7-14(22-18-9)17-15(19)10(2)21-16(20)12-8-23-13-6-4-3-5-11(12)13/h3-8,10H,1-2H3,(H,17,19). The minimum atomic E-state index is -0.952. The fourth-order valence-electron chi connectivity index (χ4n) is 2.06. The van der Waals surface area contributed by atoms with E-state index < -0.39 is 18.0 Å². The van der Waals surface area contributed by atoms with Crippen LogP contribution in [0.3, 0.4) is 0 Å². The molecule has 6 nitrogen and oxygen atoms in total. The Morgan fingerprint density at radius 1 is 1.35 bits per heavy atom. The summed E-state index contributed by atoms with van der Waals surface area (Å²) in [6, 6.07) is 9.13. The lowest BCUT2D eigenvalue weighted by Crippen LogP contribution is -2.29. The molecule has 1 unspecified atom stereocenters. The number of amides is 1. The number of aromatic nitrogens is 1. The Hall–Kier alpha value is -2.67. The van der Waals surface area contributed by atoms with Crippen LogP contribution in [0.25, 0.3) is 10.1 Å². The molecule has 23 heavy (non-hydrogen) atoms. The van der Waals surface area contributed by atoms with Gasteiger partial charge in [0.2, 0.25) is 5.88 Å². The zero-order valence-electron chi connectivity index (χ0n) is 12.5. The van der Waals surface area contributed by atoms with Crippen molar-refractivity contribution in [1.82, 2.24) is 5.16 Å². The first-order chi connectivity index (χ1) is 11.0. The normalized spacial score (nSPS) is 12.1. The maximum atomic E-state index is 12.3. The predicted octanol–water partition coefficient (Wildman–Crippen LogP) is 3.38. The predicted molar refractivity (Wildman–Crippen MR) is 86.6 cm³/mol. The van der Waals surface area contributed by atoms with Gasteiger partial charge in [0.15, 0.2) is 6.10 Å². The Balaban J connectivity index is 1.68. The highest BCUT2D eigenvalue weighted by Gasteiger charge is 2.22. The molecule has 0 saturated heterocycles. The lowest BCUT2D eigenvalue weighted by atomic mass is 10.2. The van der Waals surface area contributed by atoms with E-state index >= 15 is 0 Å². The summed E-state index contributed by atoms with van der Waals surface area (Å²) in [4.78, 5) is 24.3. The summed E-state index contributed by atoms with van der Waals surface area (Å²) in [5, 5.41) is 8.73. The summed E-state index contributed by atoms with van der Waals surface area (Å²) in [5.74, 6) is -0.788.